The molecular weight excluding hydrogens is 330 g/mol. The molecule has 0 fully saturated rings. The fourth-order valence-corrected chi connectivity index (χ4v) is 2.91. The molecule has 116 valence electrons. The summed E-state index contributed by atoms with van der Waals surface area (Å²) in [6, 6.07) is 0. The van der Waals surface area contributed by atoms with E-state index in [4.69, 9.17) is 11.6 Å². The number of sulfonamides is 1. The standard InChI is InChI=1S/C9H10ClN3O7S/c1-4(14)20-8(15)5-6(10)11-13(2)7(5)21(17,18)12-9(16)19-3/h1-3H3,(H,12,16). The van der Waals surface area contributed by atoms with Crippen molar-refractivity contribution in [2.75, 3.05) is 7.11 Å². The van der Waals surface area contributed by atoms with Crippen molar-refractivity contribution in [3.63, 3.8) is 0 Å². The molecule has 0 saturated heterocycles. The Balaban J connectivity index is 3.40. The molecule has 12 heteroatoms. The Labute approximate surface area is 124 Å². The molecule has 1 aromatic heterocycles. The summed E-state index contributed by atoms with van der Waals surface area (Å²) in [6.45, 7) is 0.947. The predicted octanol–water partition coefficient (Wildman–Crippen LogP) is -0.179. The number of aryl methyl sites for hydroxylation is 1. The molecule has 0 saturated carbocycles. The minimum atomic E-state index is -4.51. The lowest BCUT2D eigenvalue weighted by molar-refractivity contribution is -0.135. The number of hydrogen-bond donors (Lipinski definition) is 1. The van der Waals surface area contributed by atoms with Gasteiger partial charge in [-0.15, -0.1) is 0 Å². The summed E-state index contributed by atoms with van der Waals surface area (Å²) in [4.78, 5) is 33.5. The highest BCUT2D eigenvalue weighted by Gasteiger charge is 2.33. The van der Waals surface area contributed by atoms with Crippen LogP contribution in [0.4, 0.5) is 4.79 Å². The van der Waals surface area contributed by atoms with Gasteiger partial charge >= 0.3 is 18.0 Å². The van der Waals surface area contributed by atoms with Crippen LogP contribution in [0, 0.1) is 0 Å². The van der Waals surface area contributed by atoms with Crippen molar-refractivity contribution in [1.82, 2.24) is 14.5 Å². The van der Waals surface area contributed by atoms with Gasteiger partial charge in [0, 0.05) is 14.0 Å². The number of nitrogens with zero attached hydrogens (tertiary/aromatic N) is 2. The van der Waals surface area contributed by atoms with E-state index >= 15 is 0 Å². The van der Waals surface area contributed by atoms with Gasteiger partial charge in [0.2, 0.25) is 0 Å². The SMILES string of the molecule is COC(=O)NS(=O)(=O)c1c(C(=O)OC(C)=O)c(Cl)nn1C. The van der Waals surface area contributed by atoms with Gasteiger partial charge in [-0.05, 0) is 0 Å². The summed E-state index contributed by atoms with van der Waals surface area (Å²) in [6.07, 6.45) is -1.28. The van der Waals surface area contributed by atoms with Gasteiger partial charge in [-0.3, -0.25) is 9.48 Å². The minimum Gasteiger partial charge on any atom is -0.452 e. The molecule has 1 N–H and O–H groups in total. The number of rotatable bonds is 3. The maximum absolute atomic E-state index is 12.0. The van der Waals surface area contributed by atoms with Gasteiger partial charge in [0.1, 0.15) is 5.56 Å². The third-order valence-corrected chi connectivity index (χ3v) is 3.73. The van der Waals surface area contributed by atoms with Crippen LogP contribution >= 0.6 is 11.6 Å². The number of esters is 2. The first-order valence-electron chi connectivity index (χ1n) is 5.16. The van der Waals surface area contributed by atoms with Crippen molar-refractivity contribution < 1.29 is 32.3 Å². The fourth-order valence-electron chi connectivity index (χ4n) is 1.34. The smallest absolute Gasteiger partial charge is 0.420 e. The van der Waals surface area contributed by atoms with E-state index in [-0.39, 0.29) is 0 Å². The zero-order valence-corrected chi connectivity index (χ0v) is 12.6. The number of halogens is 1. The fraction of sp³-hybridized carbons (Fsp3) is 0.333. The number of nitrogens with one attached hydrogen (secondary N) is 1. The van der Waals surface area contributed by atoms with Crippen LogP contribution in [-0.4, -0.2) is 43.3 Å². The molecule has 1 amide bonds. The number of hydrogen-bond acceptors (Lipinski definition) is 8. The average Bonchev–Trinajstić information content (AvgIpc) is 2.63. The highest BCUT2D eigenvalue weighted by atomic mass is 35.5. The molecule has 0 radical (unpaired) electrons. The van der Waals surface area contributed by atoms with E-state index in [0.717, 1.165) is 18.7 Å². The van der Waals surface area contributed by atoms with Crippen LogP contribution in [0.2, 0.25) is 5.15 Å². The lowest BCUT2D eigenvalue weighted by Crippen LogP contribution is -2.33. The number of amides is 1. The summed E-state index contributed by atoms with van der Waals surface area (Å²) in [5, 5.41) is 2.29. The van der Waals surface area contributed by atoms with Crippen LogP contribution in [0.1, 0.15) is 17.3 Å². The third kappa shape index (κ3) is 3.70. The first-order chi connectivity index (χ1) is 9.60. The summed E-state index contributed by atoms with van der Waals surface area (Å²) in [7, 11) is -2.39. The Morgan fingerprint density at radius 2 is 1.90 bits per heavy atom. The van der Waals surface area contributed by atoms with Crippen LogP contribution in [0.5, 0.6) is 0 Å². The van der Waals surface area contributed by atoms with Crippen LogP contribution in [-0.2, 0) is 31.3 Å². The molecule has 0 aromatic carbocycles. The quantitative estimate of drug-likeness (QED) is 0.592. The Hall–Kier alpha value is -2.14. The summed E-state index contributed by atoms with van der Waals surface area (Å²) in [5.74, 6) is -2.28. The van der Waals surface area contributed by atoms with Crippen LogP contribution in [0.15, 0.2) is 5.03 Å². The minimum absolute atomic E-state index is 0.506. The molecule has 0 aliphatic rings. The lowest BCUT2D eigenvalue weighted by Gasteiger charge is -2.07. The molecule has 0 unspecified atom stereocenters. The maximum atomic E-state index is 12.0. The third-order valence-electron chi connectivity index (χ3n) is 2.05. The van der Waals surface area contributed by atoms with Gasteiger partial charge in [-0.2, -0.15) is 13.5 Å². The van der Waals surface area contributed by atoms with Gasteiger partial charge in [0.25, 0.3) is 10.0 Å². The first-order valence-corrected chi connectivity index (χ1v) is 7.02. The molecule has 0 bridgehead atoms. The Bertz CT molecular complexity index is 709. The first kappa shape index (κ1) is 16.9. The number of carbonyl (C=O) groups excluding carboxylic acids is 3. The zero-order chi connectivity index (χ0) is 16.4. The van der Waals surface area contributed by atoms with Gasteiger partial charge < -0.3 is 9.47 Å². The van der Waals surface area contributed by atoms with Crippen molar-refractivity contribution in [2.45, 2.75) is 11.9 Å². The van der Waals surface area contributed by atoms with Crippen molar-refractivity contribution >= 4 is 39.7 Å². The molecule has 21 heavy (non-hydrogen) atoms. The normalized spacial score (nSPS) is 10.9. The van der Waals surface area contributed by atoms with Crippen molar-refractivity contribution in [2.24, 2.45) is 7.05 Å². The molecule has 1 rings (SSSR count). The maximum Gasteiger partial charge on any atom is 0.420 e. The summed E-state index contributed by atoms with van der Waals surface area (Å²) < 4.78 is 34.7. The zero-order valence-electron chi connectivity index (χ0n) is 11.0. The number of aromatic nitrogens is 2. The Morgan fingerprint density at radius 3 is 2.38 bits per heavy atom. The molecule has 1 aromatic rings. The second-order valence-corrected chi connectivity index (χ2v) is 5.53. The van der Waals surface area contributed by atoms with Crippen molar-refractivity contribution in [3.05, 3.63) is 10.7 Å². The molecule has 10 nitrogen and oxygen atoms in total. The monoisotopic (exact) mass is 339 g/mol. The molecule has 0 spiro atoms. The van der Waals surface area contributed by atoms with Crippen molar-refractivity contribution in [3.8, 4) is 0 Å². The molecule has 0 atom stereocenters. The van der Waals surface area contributed by atoms with E-state index in [1.165, 1.54) is 11.8 Å². The van der Waals surface area contributed by atoms with Crippen LogP contribution < -0.4 is 4.72 Å². The van der Waals surface area contributed by atoms with E-state index in [1.54, 1.807) is 0 Å². The topological polar surface area (TPSA) is 134 Å². The number of carbonyl (C=O) groups is 3. The van der Waals surface area contributed by atoms with E-state index in [9.17, 15) is 22.8 Å². The Morgan fingerprint density at radius 1 is 1.33 bits per heavy atom. The molecular formula is C9H10ClN3O7S. The molecule has 0 aliphatic carbocycles. The largest absolute Gasteiger partial charge is 0.452 e. The lowest BCUT2D eigenvalue weighted by atomic mass is 10.4. The predicted molar refractivity (Wildman–Crippen MR) is 67.0 cm³/mol. The van der Waals surface area contributed by atoms with Crippen molar-refractivity contribution in [1.29, 1.82) is 0 Å². The number of ether oxygens (including phenoxy) is 2. The Kier molecular flexibility index (Phi) is 4.91. The number of methoxy groups -OCH3 is 1. The van der Waals surface area contributed by atoms with Gasteiger partial charge in [-0.1, -0.05) is 11.6 Å². The molecule has 0 aliphatic heterocycles. The van der Waals surface area contributed by atoms with E-state index in [2.05, 4.69) is 14.6 Å². The van der Waals surface area contributed by atoms with Gasteiger partial charge in [0.15, 0.2) is 10.2 Å². The average molecular weight is 340 g/mol. The highest BCUT2D eigenvalue weighted by Crippen LogP contribution is 2.24. The van der Waals surface area contributed by atoms with E-state index < -0.39 is 43.8 Å². The second kappa shape index (κ2) is 6.10. The van der Waals surface area contributed by atoms with E-state index in [0.29, 0.717) is 0 Å². The summed E-state index contributed by atoms with van der Waals surface area (Å²) >= 11 is 5.65. The van der Waals surface area contributed by atoms with Gasteiger partial charge in [0.05, 0.1) is 7.11 Å². The second-order valence-electron chi connectivity index (χ2n) is 3.57. The van der Waals surface area contributed by atoms with Crippen LogP contribution in [0.3, 0.4) is 0 Å². The molecule has 1 heterocycles. The van der Waals surface area contributed by atoms with Crippen LogP contribution in [0.25, 0.3) is 0 Å². The van der Waals surface area contributed by atoms with Gasteiger partial charge in [-0.25, -0.2) is 14.3 Å². The summed E-state index contributed by atoms with van der Waals surface area (Å²) in [5.41, 5.74) is -0.675. The van der Waals surface area contributed by atoms with E-state index in [1.807, 2.05) is 0 Å². The highest BCUT2D eigenvalue weighted by molar-refractivity contribution is 7.90.